The standard InChI is InChI=1S/C23H31N3O5/c1-15-13-25(2)23(28)18-11-16(12-24)5-7-19(18)30-10-9-17-6-8-20(29-4)21(31-17)14-26(3)22(15)27/h5,7,11,15,17,20-21H,6,8-10,13-14H2,1-4H3/t15-,17-,20-,21+/m1/s1. The number of hydrogen-bond donors (Lipinski definition) is 0. The zero-order valence-corrected chi connectivity index (χ0v) is 18.7. The number of nitriles is 1. The van der Waals surface area contributed by atoms with Crippen LogP contribution in [0.5, 0.6) is 5.75 Å². The molecule has 2 heterocycles. The van der Waals surface area contributed by atoms with Crippen LogP contribution in [0.25, 0.3) is 0 Å². The first-order valence-corrected chi connectivity index (χ1v) is 10.7. The van der Waals surface area contributed by atoms with Gasteiger partial charge in [-0.05, 0) is 31.0 Å². The van der Waals surface area contributed by atoms with Gasteiger partial charge in [0.1, 0.15) is 11.9 Å². The Labute approximate surface area is 183 Å². The molecule has 31 heavy (non-hydrogen) atoms. The van der Waals surface area contributed by atoms with Crippen LogP contribution < -0.4 is 4.74 Å². The predicted molar refractivity (Wildman–Crippen MR) is 114 cm³/mol. The van der Waals surface area contributed by atoms with E-state index in [1.54, 1.807) is 44.3 Å². The smallest absolute Gasteiger partial charge is 0.257 e. The van der Waals surface area contributed by atoms with Gasteiger partial charge in [-0.3, -0.25) is 9.59 Å². The minimum Gasteiger partial charge on any atom is -0.493 e. The molecule has 1 aromatic rings. The van der Waals surface area contributed by atoms with Crippen LogP contribution in [0.1, 0.15) is 42.1 Å². The molecule has 2 amide bonds. The van der Waals surface area contributed by atoms with E-state index in [1.807, 2.05) is 6.92 Å². The van der Waals surface area contributed by atoms with E-state index in [9.17, 15) is 14.9 Å². The van der Waals surface area contributed by atoms with E-state index in [2.05, 4.69) is 6.07 Å². The first kappa shape index (κ1) is 23.0. The zero-order valence-electron chi connectivity index (χ0n) is 18.7. The predicted octanol–water partition coefficient (Wildman–Crippen LogP) is 2.07. The molecule has 0 N–H and O–H groups in total. The zero-order chi connectivity index (χ0) is 22.5. The van der Waals surface area contributed by atoms with Crippen LogP contribution in [0.4, 0.5) is 0 Å². The fourth-order valence-corrected chi connectivity index (χ4v) is 4.29. The maximum atomic E-state index is 13.1. The van der Waals surface area contributed by atoms with Crippen LogP contribution in [0.15, 0.2) is 18.2 Å². The SMILES string of the molecule is CO[C@@H]1CC[C@@H]2CCOc3ccc(C#N)cc3C(=O)N(C)C[C@@H](C)C(=O)N(C)C[C@@H]1O2. The van der Waals surface area contributed by atoms with Gasteiger partial charge in [0, 0.05) is 40.7 Å². The summed E-state index contributed by atoms with van der Waals surface area (Å²) in [6.45, 7) is 2.88. The second-order valence-corrected chi connectivity index (χ2v) is 8.41. The van der Waals surface area contributed by atoms with Gasteiger partial charge in [0.2, 0.25) is 5.91 Å². The van der Waals surface area contributed by atoms with E-state index in [-0.39, 0.29) is 36.7 Å². The third kappa shape index (κ3) is 5.35. The number of likely N-dealkylation sites (N-methyl/N-ethyl adjacent to an activating group) is 1. The van der Waals surface area contributed by atoms with E-state index in [0.717, 1.165) is 12.8 Å². The molecule has 8 heteroatoms. The second-order valence-electron chi connectivity index (χ2n) is 8.41. The summed E-state index contributed by atoms with van der Waals surface area (Å²) in [6, 6.07) is 6.90. The second kappa shape index (κ2) is 10.1. The number of benzene rings is 1. The highest BCUT2D eigenvalue weighted by molar-refractivity contribution is 5.97. The fourth-order valence-electron chi connectivity index (χ4n) is 4.29. The summed E-state index contributed by atoms with van der Waals surface area (Å²) in [5, 5.41) is 9.25. The van der Waals surface area contributed by atoms with Crippen molar-refractivity contribution >= 4 is 11.8 Å². The third-order valence-electron chi connectivity index (χ3n) is 6.04. The number of carbonyl (C=O) groups excluding carboxylic acids is 2. The molecule has 0 unspecified atom stereocenters. The number of methoxy groups -OCH3 is 1. The molecule has 1 saturated heterocycles. The Balaban J connectivity index is 1.90. The first-order chi connectivity index (χ1) is 14.8. The molecular weight excluding hydrogens is 398 g/mol. The molecule has 0 spiro atoms. The lowest BCUT2D eigenvalue weighted by atomic mass is 9.98. The Kier molecular flexibility index (Phi) is 7.52. The van der Waals surface area contributed by atoms with Gasteiger partial charge in [0.05, 0.1) is 41.9 Å². The number of fused-ring (bicyclic) bond motifs is 3. The molecule has 168 valence electrons. The summed E-state index contributed by atoms with van der Waals surface area (Å²) in [7, 11) is 5.09. The summed E-state index contributed by atoms with van der Waals surface area (Å²) in [6.07, 6.45) is 2.07. The van der Waals surface area contributed by atoms with Gasteiger partial charge in [-0.1, -0.05) is 6.92 Å². The summed E-state index contributed by atoms with van der Waals surface area (Å²) >= 11 is 0. The molecule has 0 radical (unpaired) electrons. The Morgan fingerprint density at radius 3 is 2.61 bits per heavy atom. The Bertz CT molecular complexity index is 852. The highest BCUT2D eigenvalue weighted by Gasteiger charge is 2.34. The largest absolute Gasteiger partial charge is 0.493 e. The Hall–Kier alpha value is -2.63. The Morgan fingerprint density at radius 2 is 1.90 bits per heavy atom. The van der Waals surface area contributed by atoms with E-state index in [0.29, 0.717) is 36.4 Å². The highest BCUT2D eigenvalue weighted by Crippen LogP contribution is 2.27. The molecule has 2 bridgehead atoms. The van der Waals surface area contributed by atoms with Crippen molar-refractivity contribution in [1.82, 2.24) is 9.80 Å². The van der Waals surface area contributed by atoms with Crippen molar-refractivity contribution in [2.45, 2.75) is 44.5 Å². The normalized spacial score (nSPS) is 28.1. The van der Waals surface area contributed by atoms with E-state index in [4.69, 9.17) is 14.2 Å². The fraction of sp³-hybridized carbons (Fsp3) is 0.609. The summed E-state index contributed by atoms with van der Waals surface area (Å²) in [4.78, 5) is 29.2. The van der Waals surface area contributed by atoms with Crippen molar-refractivity contribution < 1.29 is 23.8 Å². The summed E-state index contributed by atoms with van der Waals surface area (Å²) in [5.41, 5.74) is 0.709. The maximum Gasteiger partial charge on any atom is 0.257 e. The molecule has 3 rings (SSSR count). The minimum absolute atomic E-state index is 0.0114. The van der Waals surface area contributed by atoms with Gasteiger partial charge in [-0.15, -0.1) is 0 Å². The lowest BCUT2D eigenvalue weighted by Gasteiger charge is -2.38. The molecule has 0 aliphatic carbocycles. The molecule has 4 atom stereocenters. The number of amides is 2. The van der Waals surface area contributed by atoms with Crippen molar-refractivity contribution in [1.29, 1.82) is 5.26 Å². The van der Waals surface area contributed by atoms with Gasteiger partial charge >= 0.3 is 0 Å². The molecule has 1 fully saturated rings. The molecule has 1 aromatic carbocycles. The number of ether oxygens (including phenoxy) is 3. The first-order valence-electron chi connectivity index (χ1n) is 10.7. The average Bonchev–Trinajstić information content (AvgIpc) is 2.77. The van der Waals surface area contributed by atoms with Gasteiger partial charge in [-0.2, -0.15) is 5.26 Å². The molecule has 0 aromatic heterocycles. The highest BCUT2D eigenvalue weighted by atomic mass is 16.5. The average molecular weight is 430 g/mol. The molecular formula is C23H31N3O5. The van der Waals surface area contributed by atoms with Crippen LogP contribution in [0, 0.1) is 17.2 Å². The van der Waals surface area contributed by atoms with Crippen LogP contribution >= 0.6 is 0 Å². The van der Waals surface area contributed by atoms with Crippen molar-refractivity contribution in [3.8, 4) is 11.8 Å². The number of carbonyl (C=O) groups is 2. The van der Waals surface area contributed by atoms with Crippen molar-refractivity contribution in [2.75, 3.05) is 40.9 Å². The van der Waals surface area contributed by atoms with Crippen LogP contribution in [-0.4, -0.2) is 80.8 Å². The molecule has 8 nitrogen and oxygen atoms in total. The van der Waals surface area contributed by atoms with Crippen LogP contribution in [-0.2, 0) is 14.3 Å². The van der Waals surface area contributed by atoms with Crippen molar-refractivity contribution in [3.05, 3.63) is 29.3 Å². The monoisotopic (exact) mass is 429 g/mol. The lowest BCUT2D eigenvalue weighted by Crippen LogP contribution is -2.49. The summed E-state index contributed by atoms with van der Waals surface area (Å²) < 4.78 is 17.8. The topological polar surface area (TPSA) is 92.1 Å². The van der Waals surface area contributed by atoms with E-state index >= 15 is 0 Å². The molecule has 0 saturated carbocycles. The number of rotatable bonds is 1. The van der Waals surface area contributed by atoms with Gasteiger partial charge in [-0.25, -0.2) is 0 Å². The van der Waals surface area contributed by atoms with Crippen LogP contribution in [0.3, 0.4) is 0 Å². The quantitative estimate of drug-likeness (QED) is 0.679. The van der Waals surface area contributed by atoms with Crippen molar-refractivity contribution in [3.63, 3.8) is 0 Å². The maximum absolute atomic E-state index is 13.1. The third-order valence-corrected chi connectivity index (χ3v) is 6.04. The number of nitrogens with zero attached hydrogens (tertiary/aromatic N) is 3. The van der Waals surface area contributed by atoms with Gasteiger partial charge < -0.3 is 24.0 Å². The Morgan fingerprint density at radius 1 is 1.13 bits per heavy atom. The minimum atomic E-state index is -0.395. The van der Waals surface area contributed by atoms with E-state index < -0.39 is 5.92 Å². The molecule has 2 aliphatic heterocycles. The van der Waals surface area contributed by atoms with Crippen LogP contribution in [0.2, 0.25) is 0 Å². The van der Waals surface area contributed by atoms with Gasteiger partial charge in [0.15, 0.2) is 0 Å². The number of hydrogen-bond acceptors (Lipinski definition) is 6. The lowest BCUT2D eigenvalue weighted by molar-refractivity contribution is -0.152. The van der Waals surface area contributed by atoms with E-state index in [1.165, 1.54) is 4.90 Å². The summed E-state index contributed by atoms with van der Waals surface area (Å²) in [5.74, 6) is -0.298. The molecule has 2 aliphatic rings. The van der Waals surface area contributed by atoms with Crippen molar-refractivity contribution in [2.24, 2.45) is 5.92 Å². The van der Waals surface area contributed by atoms with Gasteiger partial charge in [0.25, 0.3) is 5.91 Å².